The summed E-state index contributed by atoms with van der Waals surface area (Å²) >= 11 is 0. The Labute approximate surface area is 191 Å². The number of nitrogens with zero attached hydrogens (tertiary/aromatic N) is 2. The van der Waals surface area contributed by atoms with Crippen LogP contribution in [0.4, 0.5) is 0 Å². The summed E-state index contributed by atoms with van der Waals surface area (Å²) in [5.74, 6) is 2.95. The lowest BCUT2D eigenvalue weighted by Gasteiger charge is -2.19. The van der Waals surface area contributed by atoms with Gasteiger partial charge in [-0.2, -0.15) is 5.10 Å². The van der Waals surface area contributed by atoms with E-state index >= 15 is 0 Å². The molecule has 7 nitrogen and oxygen atoms in total. The summed E-state index contributed by atoms with van der Waals surface area (Å²) in [6.07, 6.45) is 1.87. The molecule has 0 atom stereocenters. The van der Waals surface area contributed by atoms with E-state index in [-0.39, 0.29) is 0 Å². The van der Waals surface area contributed by atoms with Gasteiger partial charge in [-0.1, -0.05) is 18.2 Å². The van der Waals surface area contributed by atoms with Crippen LogP contribution in [0.15, 0.2) is 54.7 Å². The number of fused-ring (bicyclic) bond motifs is 6. The minimum absolute atomic E-state index is 0.523. The van der Waals surface area contributed by atoms with Gasteiger partial charge in [0.15, 0.2) is 23.0 Å². The minimum Gasteiger partial charge on any atom is -0.493 e. The van der Waals surface area contributed by atoms with Crippen molar-refractivity contribution in [3.05, 3.63) is 54.7 Å². The molecule has 0 aliphatic rings. The van der Waals surface area contributed by atoms with Gasteiger partial charge in [0, 0.05) is 5.39 Å². The van der Waals surface area contributed by atoms with Gasteiger partial charge in [-0.05, 0) is 46.5 Å². The Bertz CT molecular complexity index is 1490. The van der Waals surface area contributed by atoms with Crippen molar-refractivity contribution in [2.75, 3.05) is 35.5 Å². The topological polar surface area (TPSA) is 64.0 Å². The molecule has 5 rings (SSSR count). The number of benzene rings is 4. The molecule has 0 amide bonds. The normalized spacial score (nSPS) is 11.2. The molecule has 5 aromatic rings. The van der Waals surface area contributed by atoms with Crippen molar-refractivity contribution in [2.45, 2.75) is 0 Å². The van der Waals surface area contributed by atoms with Crippen LogP contribution in [-0.4, -0.2) is 45.3 Å². The van der Waals surface area contributed by atoms with Gasteiger partial charge < -0.3 is 23.7 Å². The van der Waals surface area contributed by atoms with Gasteiger partial charge in [0.05, 0.1) is 58.3 Å². The minimum atomic E-state index is 0.523. The fourth-order valence-corrected chi connectivity index (χ4v) is 4.48. The summed E-state index contributed by atoms with van der Waals surface area (Å²) in [4.78, 5) is 0. The molecule has 1 aromatic heterocycles. The van der Waals surface area contributed by atoms with Crippen LogP contribution in [0.3, 0.4) is 0 Å². The molecule has 0 N–H and O–H groups in total. The van der Waals surface area contributed by atoms with Crippen molar-refractivity contribution in [1.29, 1.82) is 0 Å². The molecule has 0 aliphatic heterocycles. The molecule has 0 unspecified atom stereocenters. The van der Waals surface area contributed by atoms with Gasteiger partial charge in [-0.3, -0.25) is 0 Å². The number of hydrogen-bond acceptors (Lipinski definition) is 6. The van der Waals surface area contributed by atoms with Crippen molar-refractivity contribution in [1.82, 2.24) is 9.78 Å². The predicted octanol–water partition coefficient (Wildman–Crippen LogP) is 5.37. The summed E-state index contributed by atoms with van der Waals surface area (Å²) in [6, 6.07) is 15.9. The van der Waals surface area contributed by atoms with Crippen molar-refractivity contribution in [3.8, 4) is 34.4 Å². The highest BCUT2D eigenvalue weighted by atomic mass is 16.5. The summed E-state index contributed by atoms with van der Waals surface area (Å²) in [5, 5.41) is 9.43. The standard InChI is InChI=1S/C26H24N2O5/c1-29-20-11-16-17(12-21(20)30-2)19-14-27-28(15-9-7-6-8-10-15)24(19)23-18(16)13-22(31-3)25(32-4)26(23)33-5/h6-14H,1-5H3. The van der Waals surface area contributed by atoms with E-state index in [1.54, 1.807) is 35.5 Å². The lowest BCUT2D eigenvalue weighted by atomic mass is 9.96. The third-order valence-corrected chi connectivity index (χ3v) is 5.94. The third kappa shape index (κ3) is 3.00. The number of para-hydroxylation sites is 1. The van der Waals surface area contributed by atoms with E-state index in [0.717, 1.165) is 38.1 Å². The lowest BCUT2D eigenvalue weighted by molar-refractivity contribution is 0.327. The number of rotatable bonds is 6. The van der Waals surface area contributed by atoms with Gasteiger partial charge >= 0.3 is 0 Å². The molecule has 4 aromatic carbocycles. The smallest absolute Gasteiger partial charge is 0.204 e. The zero-order chi connectivity index (χ0) is 23.1. The Hall–Kier alpha value is -4.13. The summed E-state index contributed by atoms with van der Waals surface area (Å²) in [6.45, 7) is 0. The summed E-state index contributed by atoms with van der Waals surface area (Å²) in [7, 11) is 8.10. The molecule has 0 saturated carbocycles. The van der Waals surface area contributed by atoms with Crippen molar-refractivity contribution in [2.24, 2.45) is 0 Å². The largest absolute Gasteiger partial charge is 0.493 e. The molecule has 33 heavy (non-hydrogen) atoms. The maximum Gasteiger partial charge on any atom is 0.204 e. The van der Waals surface area contributed by atoms with Crippen LogP contribution >= 0.6 is 0 Å². The number of ether oxygens (including phenoxy) is 5. The quantitative estimate of drug-likeness (QED) is 0.328. The second-order valence-corrected chi connectivity index (χ2v) is 7.47. The second-order valence-electron chi connectivity index (χ2n) is 7.47. The van der Waals surface area contributed by atoms with Crippen LogP contribution in [0.1, 0.15) is 0 Å². The van der Waals surface area contributed by atoms with E-state index in [2.05, 4.69) is 0 Å². The maximum atomic E-state index is 5.91. The molecule has 0 spiro atoms. The van der Waals surface area contributed by atoms with Crippen molar-refractivity contribution < 1.29 is 23.7 Å². The molecular formula is C26H24N2O5. The van der Waals surface area contributed by atoms with Crippen molar-refractivity contribution in [3.63, 3.8) is 0 Å². The van der Waals surface area contributed by atoms with Gasteiger partial charge in [0.25, 0.3) is 0 Å². The zero-order valence-corrected chi connectivity index (χ0v) is 19.1. The molecular weight excluding hydrogens is 420 g/mol. The van der Waals surface area contributed by atoms with Crippen LogP contribution < -0.4 is 23.7 Å². The first-order valence-corrected chi connectivity index (χ1v) is 10.4. The molecule has 0 fully saturated rings. The second kappa shape index (κ2) is 8.09. The van der Waals surface area contributed by atoms with E-state index in [1.807, 2.05) is 59.4 Å². The fourth-order valence-electron chi connectivity index (χ4n) is 4.48. The third-order valence-electron chi connectivity index (χ3n) is 5.94. The Morgan fingerprint density at radius 1 is 0.606 bits per heavy atom. The Balaban J connectivity index is 2.09. The molecule has 0 aliphatic carbocycles. The average Bonchev–Trinajstić information content (AvgIpc) is 3.32. The SMILES string of the molecule is COc1cc2c(cc1OC)c1cnn(-c3ccccc3)c1c1c(OC)c(OC)c(OC)cc21. The summed E-state index contributed by atoms with van der Waals surface area (Å²) in [5.41, 5.74) is 1.83. The molecule has 168 valence electrons. The average molecular weight is 444 g/mol. The fraction of sp³-hybridized carbons (Fsp3) is 0.192. The molecule has 7 heteroatoms. The number of methoxy groups -OCH3 is 5. The molecule has 0 bridgehead atoms. The van der Waals surface area contributed by atoms with E-state index in [4.69, 9.17) is 28.8 Å². The van der Waals surface area contributed by atoms with Crippen LogP contribution in [0, 0.1) is 0 Å². The zero-order valence-electron chi connectivity index (χ0n) is 19.1. The number of hydrogen-bond donors (Lipinski definition) is 0. The van der Waals surface area contributed by atoms with E-state index in [9.17, 15) is 0 Å². The van der Waals surface area contributed by atoms with E-state index in [0.29, 0.717) is 28.7 Å². The van der Waals surface area contributed by atoms with Gasteiger partial charge in [0.1, 0.15) is 0 Å². The lowest BCUT2D eigenvalue weighted by Crippen LogP contribution is -2.00. The first-order chi connectivity index (χ1) is 16.2. The van der Waals surface area contributed by atoms with E-state index < -0.39 is 0 Å². The summed E-state index contributed by atoms with van der Waals surface area (Å²) < 4.78 is 30.4. The predicted molar refractivity (Wildman–Crippen MR) is 129 cm³/mol. The Morgan fingerprint density at radius 2 is 1.18 bits per heavy atom. The van der Waals surface area contributed by atoms with Gasteiger partial charge in [0.2, 0.25) is 5.75 Å². The highest BCUT2D eigenvalue weighted by molar-refractivity contribution is 6.27. The first-order valence-electron chi connectivity index (χ1n) is 10.4. The maximum absolute atomic E-state index is 5.91. The van der Waals surface area contributed by atoms with Crippen molar-refractivity contribution >= 4 is 32.4 Å². The van der Waals surface area contributed by atoms with Gasteiger partial charge in [-0.15, -0.1) is 0 Å². The first kappa shape index (κ1) is 20.8. The van der Waals surface area contributed by atoms with Crippen LogP contribution in [0.2, 0.25) is 0 Å². The molecule has 0 saturated heterocycles. The number of aromatic nitrogens is 2. The Morgan fingerprint density at radius 3 is 1.76 bits per heavy atom. The monoisotopic (exact) mass is 444 g/mol. The highest BCUT2D eigenvalue weighted by Crippen LogP contribution is 2.50. The highest BCUT2D eigenvalue weighted by Gasteiger charge is 2.24. The van der Waals surface area contributed by atoms with Crippen LogP contribution in [-0.2, 0) is 0 Å². The van der Waals surface area contributed by atoms with Gasteiger partial charge in [-0.25, -0.2) is 4.68 Å². The van der Waals surface area contributed by atoms with E-state index in [1.165, 1.54) is 0 Å². The molecule has 1 heterocycles. The Kier molecular flexibility index (Phi) is 5.09. The van der Waals surface area contributed by atoms with Crippen LogP contribution in [0.25, 0.3) is 38.1 Å². The molecule has 0 radical (unpaired) electrons. The van der Waals surface area contributed by atoms with Crippen LogP contribution in [0.5, 0.6) is 28.7 Å².